The van der Waals surface area contributed by atoms with Crippen molar-refractivity contribution in [1.82, 2.24) is 15.1 Å². The van der Waals surface area contributed by atoms with Gasteiger partial charge in [-0.3, -0.25) is 4.79 Å². The van der Waals surface area contributed by atoms with Gasteiger partial charge in [-0.15, -0.1) is 0 Å². The number of rotatable bonds is 4. The number of amides is 2. The standard InChI is InChI=1S/C17H22N4O3/c1-12(19-16(23)24-17(2,3)4)15(22)20-13-7-5-8-14(11-13)21-10-6-9-18-21/h5-12H,1-4H3,(H,19,23)(H,20,22). The fraction of sp³-hybridized carbons (Fsp3) is 0.353. The fourth-order valence-electron chi connectivity index (χ4n) is 1.95. The first-order valence-corrected chi connectivity index (χ1v) is 7.65. The summed E-state index contributed by atoms with van der Waals surface area (Å²) in [6, 6.07) is 8.35. The van der Waals surface area contributed by atoms with Crippen LogP contribution in [0, 0.1) is 0 Å². The number of carbonyl (C=O) groups excluding carboxylic acids is 2. The molecular formula is C17H22N4O3. The quantitative estimate of drug-likeness (QED) is 0.902. The Morgan fingerprint density at radius 2 is 2.00 bits per heavy atom. The van der Waals surface area contributed by atoms with Gasteiger partial charge in [0.1, 0.15) is 11.6 Å². The van der Waals surface area contributed by atoms with Crippen molar-refractivity contribution < 1.29 is 14.3 Å². The molecule has 7 nitrogen and oxygen atoms in total. The normalized spacial score (nSPS) is 12.3. The highest BCUT2D eigenvalue weighted by molar-refractivity contribution is 5.96. The first-order valence-electron chi connectivity index (χ1n) is 7.65. The maximum Gasteiger partial charge on any atom is 0.408 e. The average molecular weight is 330 g/mol. The second-order valence-corrected chi connectivity index (χ2v) is 6.36. The van der Waals surface area contributed by atoms with Crippen LogP contribution in [-0.2, 0) is 9.53 Å². The molecule has 2 rings (SSSR count). The molecule has 24 heavy (non-hydrogen) atoms. The van der Waals surface area contributed by atoms with Gasteiger partial charge in [0.2, 0.25) is 5.91 Å². The Labute approximate surface area is 141 Å². The summed E-state index contributed by atoms with van der Waals surface area (Å²) in [5.41, 5.74) is 0.828. The van der Waals surface area contributed by atoms with E-state index in [4.69, 9.17) is 4.74 Å². The van der Waals surface area contributed by atoms with E-state index >= 15 is 0 Å². The van der Waals surface area contributed by atoms with Crippen LogP contribution >= 0.6 is 0 Å². The number of nitrogens with zero attached hydrogens (tertiary/aromatic N) is 2. The van der Waals surface area contributed by atoms with Crippen molar-refractivity contribution >= 4 is 17.7 Å². The van der Waals surface area contributed by atoms with E-state index in [1.165, 1.54) is 0 Å². The lowest BCUT2D eigenvalue weighted by Crippen LogP contribution is -2.43. The molecule has 0 bridgehead atoms. The molecule has 0 saturated carbocycles. The summed E-state index contributed by atoms with van der Waals surface area (Å²) in [5, 5.41) is 9.42. The van der Waals surface area contributed by atoms with Gasteiger partial charge in [-0.05, 0) is 52.0 Å². The van der Waals surface area contributed by atoms with E-state index in [2.05, 4.69) is 15.7 Å². The molecule has 2 amide bonds. The molecule has 0 saturated heterocycles. The maximum atomic E-state index is 12.2. The summed E-state index contributed by atoms with van der Waals surface area (Å²) in [7, 11) is 0. The molecule has 1 heterocycles. The SMILES string of the molecule is CC(NC(=O)OC(C)(C)C)C(=O)Nc1cccc(-n2cccn2)c1. The Morgan fingerprint density at radius 1 is 1.25 bits per heavy atom. The van der Waals surface area contributed by atoms with E-state index in [0.717, 1.165) is 5.69 Å². The predicted octanol–water partition coefficient (Wildman–Crippen LogP) is 2.72. The zero-order chi connectivity index (χ0) is 17.7. The molecule has 1 unspecified atom stereocenters. The Balaban J connectivity index is 1.97. The van der Waals surface area contributed by atoms with Gasteiger partial charge < -0.3 is 15.4 Å². The molecular weight excluding hydrogens is 308 g/mol. The third-order valence-corrected chi connectivity index (χ3v) is 3.01. The summed E-state index contributed by atoms with van der Waals surface area (Å²) < 4.78 is 6.83. The minimum absolute atomic E-state index is 0.335. The Hall–Kier alpha value is -2.83. The van der Waals surface area contributed by atoms with Crippen molar-refractivity contribution in [2.75, 3.05) is 5.32 Å². The number of aromatic nitrogens is 2. The molecule has 0 aliphatic heterocycles. The molecule has 1 aromatic carbocycles. The summed E-state index contributed by atoms with van der Waals surface area (Å²) in [4.78, 5) is 23.9. The van der Waals surface area contributed by atoms with Crippen molar-refractivity contribution in [2.24, 2.45) is 0 Å². The number of hydrogen-bond acceptors (Lipinski definition) is 4. The summed E-state index contributed by atoms with van der Waals surface area (Å²) in [6.45, 7) is 6.88. The third-order valence-electron chi connectivity index (χ3n) is 3.01. The number of ether oxygens (including phenoxy) is 1. The molecule has 128 valence electrons. The van der Waals surface area contributed by atoms with Crippen LogP contribution in [0.3, 0.4) is 0 Å². The highest BCUT2D eigenvalue weighted by atomic mass is 16.6. The van der Waals surface area contributed by atoms with E-state index in [1.54, 1.807) is 50.7 Å². The van der Waals surface area contributed by atoms with E-state index in [0.29, 0.717) is 5.69 Å². The van der Waals surface area contributed by atoms with Crippen LogP contribution < -0.4 is 10.6 Å². The van der Waals surface area contributed by atoms with Crippen LogP contribution in [0.4, 0.5) is 10.5 Å². The van der Waals surface area contributed by atoms with Crippen LogP contribution in [0.5, 0.6) is 0 Å². The molecule has 0 aliphatic rings. The van der Waals surface area contributed by atoms with Crippen LogP contribution in [0.15, 0.2) is 42.7 Å². The van der Waals surface area contributed by atoms with Crippen molar-refractivity contribution in [3.8, 4) is 5.69 Å². The van der Waals surface area contributed by atoms with Crippen LogP contribution in [0.25, 0.3) is 5.69 Å². The van der Waals surface area contributed by atoms with Crippen molar-refractivity contribution in [1.29, 1.82) is 0 Å². The number of carbonyl (C=O) groups is 2. The lowest BCUT2D eigenvalue weighted by atomic mass is 10.2. The predicted molar refractivity (Wildman–Crippen MR) is 91.0 cm³/mol. The lowest BCUT2D eigenvalue weighted by Gasteiger charge is -2.21. The molecule has 1 aromatic heterocycles. The maximum absolute atomic E-state index is 12.2. The molecule has 0 spiro atoms. The van der Waals surface area contributed by atoms with E-state index in [-0.39, 0.29) is 5.91 Å². The fourth-order valence-corrected chi connectivity index (χ4v) is 1.95. The summed E-state index contributed by atoms with van der Waals surface area (Å²) >= 11 is 0. The Kier molecular flexibility index (Phi) is 5.23. The van der Waals surface area contributed by atoms with Crippen molar-refractivity contribution in [3.63, 3.8) is 0 Å². The molecule has 7 heteroatoms. The second kappa shape index (κ2) is 7.16. The lowest BCUT2D eigenvalue weighted by molar-refractivity contribution is -0.117. The Morgan fingerprint density at radius 3 is 2.62 bits per heavy atom. The topological polar surface area (TPSA) is 85.2 Å². The highest BCUT2D eigenvalue weighted by Crippen LogP contribution is 2.14. The summed E-state index contributed by atoms with van der Waals surface area (Å²) in [6.07, 6.45) is 2.86. The zero-order valence-electron chi connectivity index (χ0n) is 14.2. The minimum Gasteiger partial charge on any atom is -0.444 e. The first kappa shape index (κ1) is 17.5. The van der Waals surface area contributed by atoms with E-state index in [1.807, 2.05) is 24.4 Å². The Bertz CT molecular complexity index is 705. The number of nitrogens with one attached hydrogen (secondary N) is 2. The van der Waals surface area contributed by atoms with Gasteiger partial charge in [0.15, 0.2) is 0 Å². The smallest absolute Gasteiger partial charge is 0.408 e. The average Bonchev–Trinajstić information content (AvgIpc) is 2.99. The molecule has 1 atom stereocenters. The minimum atomic E-state index is -0.729. The monoisotopic (exact) mass is 330 g/mol. The zero-order valence-corrected chi connectivity index (χ0v) is 14.2. The first-order chi connectivity index (χ1) is 11.2. The van der Waals surface area contributed by atoms with Crippen LogP contribution in [-0.4, -0.2) is 33.4 Å². The van der Waals surface area contributed by atoms with Gasteiger partial charge in [-0.2, -0.15) is 5.10 Å². The number of anilines is 1. The largest absolute Gasteiger partial charge is 0.444 e. The molecule has 0 aliphatic carbocycles. The number of benzene rings is 1. The van der Waals surface area contributed by atoms with E-state index in [9.17, 15) is 9.59 Å². The summed E-state index contributed by atoms with van der Waals surface area (Å²) in [5.74, 6) is -0.335. The van der Waals surface area contributed by atoms with Gasteiger partial charge in [0.25, 0.3) is 0 Å². The van der Waals surface area contributed by atoms with Gasteiger partial charge in [-0.25, -0.2) is 9.48 Å². The second-order valence-electron chi connectivity index (χ2n) is 6.36. The highest BCUT2D eigenvalue weighted by Gasteiger charge is 2.21. The van der Waals surface area contributed by atoms with Gasteiger partial charge in [-0.1, -0.05) is 6.07 Å². The molecule has 2 N–H and O–H groups in total. The number of alkyl carbamates (subject to hydrolysis) is 1. The van der Waals surface area contributed by atoms with Crippen LogP contribution in [0.2, 0.25) is 0 Å². The molecule has 0 fully saturated rings. The van der Waals surface area contributed by atoms with Crippen molar-refractivity contribution in [2.45, 2.75) is 39.3 Å². The van der Waals surface area contributed by atoms with Gasteiger partial charge in [0, 0.05) is 18.1 Å². The van der Waals surface area contributed by atoms with Gasteiger partial charge >= 0.3 is 6.09 Å². The van der Waals surface area contributed by atoms with Gasteiger partial charge in [0.05, 0.1) is 5.69 Å². The van der Waals surface area contributed by atoms with E-state index < -0.39 is 17.7 Å². The van der Waals surface area contributed by atoms with Crippen molar-refractivity contribution in [3.05, 3.63) is 42.7 Å². The van der Waals surface area contributed by atoms with Crippen LogP contribution in [0.1, 0.15) is 27.7 Å². The third kappa shape index (κ3) is 5.12. The molecule has 0 radical (unpaired) electrons. The molecule has 2 aromatic rings. The number of hydrogen-bond donors (Lipinski definition) is 2.